The molecule has 1 saturated carbocycles. The van der Waals surface area contributed by atoms with E-state index in [1.54, 1.807) is 7.05 Å². The van der Waals surface area contributed by atoms with Gasteiger partial charge in [0, 0.05) is 6.54 Å². The van der Waals surface area contributed by atoms with Crippen LogP contribution in [0.4, 0.5) is 0 Å². The molecule has 4 heteroatoms. The third kappa shape index (κ3) is 5.71. The molecule has 96 valence electrons. The number of amides is 1. The summed E-state index contributed by atoms with van der Waals surface area (Å²) in [5.41, 5.74) is 0.519. The summed E-state index contributed by atoms with van der Waals surface area (Å²) < 4.78 is 0. The summed E-state index contributed by atoms with van der Waals surface area (Å²) in [5.74, 6) is 0.807. The van der Waals surface area contributed by atoms with Crippen molar-refractivity contribution in [1.29, 1.82) is 0 Å². The van der Waals surface area contributed by atoms with E-state index in [1.165, 1.54) is 25.7 Å². The van der Waals surface area contributed by atoms with Crippen molar-refractivity contribution < 1.29 is 4.79 Å². The topological polar surface area (TPSA) is 41.1 Å². The van der Waals surface area contributed by atoms with Crippen molar-refractivity contribution in [1.82, 2.24) is 10.6 Å². The van der Waals surface area contributed by atoms with E-state index < -0.39 is 0 Å². The molecule has 1 amide bonds. The van der Waals surface area contributed by atoms with Gasteiger partial charge in [-0.05, 0) is 44.1 Å². The normalized spacial score (nSPS) is 19.9. The average molecular weight is 249 g/mol. The van der Waals surface area contributed by atoms with Crippen LogP contribution in [-0.4, -0.2) is 26.0 Å². The molecular formula is C12H25ClN2O. The largest absolute Gasteiger partial charge is 0.355 e. The summed E-state index contributed by atoms with van der Waals surface area (Å²) in [6, 6.07) is 0. The second kappa shape index (κ2) is 7.13. The molecule has 0 aliphatic heterocycles. The molecule has 0 aromatic carbocycles. The Hall–Kier alpha value is -0.280. The highest BCUT2D eigenvalue weighted by molar-refractivity contribution is 5.85. The maximum atomic E-state index is 11.2. The molecule has 0 spiro atoms. The molecule has 0 heterocycles. The lowest BCUT2D eigenvalue weighted by Gasteiger charge is -2.34. The van der Waals surface area contributed by atoms with Gasteiger partial charge in [0.2, 0.25) is 5.91 Å². The third-order valence-electron chi connectivity index (χ3n) is 3.38. The van der Waals surface area contributed by atoms with Crippen LogP contribution in [0.3, 0.4) is 0 Å². The van der Waals surface area contributed by atoms with Crippen LogP contribution in [0.2, 0.25) is 0 Å². The summed E-state index contributed by atoms with van der Waals surface area (Å²) >= 11 is 0. The second-order valence-electron chi connectivity index (χ2n) is 5.44. The summed E-state index contributed by atoms with van der Waals surface area (Å²) in [4.78, 5) is 11.2. The highest BCUT2D eigenvalue weighted by atomic mass is 35.5. The lowest BCUT2D eigenvalue weighted by atomic mass is 9.73. The molecule has 0 aromatic heterocycles. The Morgan fingerprint density at radius 2 is 1.88 bits per heavy atom. The molecule has 3 nitrogen and oxygen atoms in total. The van der Waals surface area contributed by atoms with Crippen molar-refractivity contribution >= 4 is 18.3 Å². The lowest BCUT2D eigenvalue weighted by Crippen LogP contribution is -2.37. The van der Waals surface area contributed by atoms with Gasteiger partial charge < -0.3 is 10.6 Å². The number of likely N-dealkylation sites (N-methyl/N-ethyl adjacent to an activating group) is 1. The summed E-state index contributed by atoms with van der Waals surface area (Å²) in [6.07, 6.45) is 5.10. The Morgan fingerprint density at radius 1 is 1.31 bits per heavy atom. The average Bonchev–Trinajstić information content (AvgIpc) is 2.17. The Balaban J connectivity index is 0.00000225. The van der Waals surface area contributed by atoms with Gasteiger partial charge in [-0.2, -0.15) is 0 Å². The minimum atomic E-state index is 0. The van der Waals surface area contributed by atoms with Crippen LogP contribution in [0.25, 0.3) is 0 Å². The summed E-state index contributed by atoms with van der Waals surface area (Å²) in [5, 5.41) is 5.84. The molecule has 0 saturated heterocycles. The van der Waals surface area contributed by atoms with Gasteiger partial charge in [-0.3, -0.25) is 4.79 Å². The zero-order chi connectivity index (χ0) is 11.3. The van der Waals surface area contributed by atoms with Gasteiger partial charge >= 0.3 is 0 Å². The molecule has 0 atom stereocenters. The second-order valence-corrected chi connectivity index (χ2v) is 5.44. The Morgan fingerprint density at radius 3 is 2.38 bits per heavy atom. The SMILES string of the molecule is CNCC(=O)NCC1CCC(C)(C)CC1.Cl. The first kappa shape index (κ1) is 15.7. The van der Waals surface area contributed by atoms with Crippen LogP contribution in [0, 0.1) is 11.3 Å². The first-order valence-electron chi connectivity index (χ1n) is 5.95. The van der Waals surface area contributed by atoms with Crippen molar-refractivity contribution in [2.45, 2.75) is 39.5 Å². The summed E-state index contributed by atoms with van der Waals surface area (Å²) in [7, 11) is 1.79. The number of hydrogen-bond acceptors (Lipinski definition) is 2. The van der Waals surface area contributed by atoms with Crippen molar-refractivity contribution in [3.05, 3.63) is 0 Å². The van der Waals surface area contributed by atoms with Gasteiger partial charge in [0.1, 0.15) is 0 Å². The number of nitrogens with one attached hydrogen (secondary N) is 2. The molecule has 1 aliphatic carbocycles. The van der Waals surface area contributed by atoms with Crippen molar-refractivity contribution in [2.75, 3.05) is 20.1 Å². The van der Waals surface area contributed by atoms with Crippen molar-refractivity contribution in [3.63, 3.8) is 0 Å². The van der Waals surface area contributed by atoms with Gasteiger partial charge in [-0.15, -0.1) is 12.4 Å². The number of rotatable bonds is 4. The third-order valence-corrected chi connectivity index (χ3v) is 3.38. The quantitative estimate of drug-likeness (QED) is 0.799. The van der Waals surface area contributed by atoms with Crippen LogP contribution in [0.1, 0.15) is 39.5 Å². The standard InChI is InChI=1S/C12H24N2O.ClH/c1-12(2)6-4-10(5-7-12)8-14-11(15)9-13-3;/h10,13H,4-9H2,1-3H3,(H,14,15);1H. The van der Waals surface area contributed by atoms with Gasteiger partial charge in [0.25, 0.3) is 0 Å². The lowest BCUT2D eigenvalue weighted by molar-refractivity contribution is -0.120. The van der Waals surface area contributed by atoms with Crippen LogP contribution in [0.15, 0.2) is 0 Å². The summed E-state index contributed by atoms with van der Waals surface area (Å²) in [6.45, 7) is 5.96. The molecule has 0 bridgehead atoms. The van der Waals surface area contributed by atoms with E-state index in [0.717, 1.165) is 6.54 Å². The fourth-order valence-corrected chi connectivity index (χ4v) is 2.14. The molecule has 2 N–H and O–H groups in total. The van der Waals surface area contributed by atoms with E-state index in [9.17, 15) is 4.79 Å². The van der Waals surface area contributed by atoms with Gasteiger partial charge in [0.15, 0.2) is 0 Å². The van der Waals surface area contributed by atoms with Crippen LogP contribution in [0.5, 0.6) is 0 Å². The zero-order valence-corrected chi connectivity index (χ0v) is 11.5. The number of carbonyl (C=O) groups excluding carboxylic acids is 1. The van der Waals surface area contributed by atoms with E-state index in [0.29, 0.717) is 17.9 Å². The molecule has 0 aromatic rings. The maximum absolute atomic E-state index is 11.2. The zero-order valence-electron chi connectivity index (χ0n) is 10.6. The Bertz CT molecular complexity index is 209. The number of carbonyl (C=O) groups is 1. The Labute approximate surface area is 105 Å². The van der Waals surface area contributed by atoms with E-state index in [4.69, 9.17) is 0 Å². The minimum Gasteiger partial charge on any atom is -0.355 e. The van der Waals surface area contributed by atoms with Crippen LogP contribution >= 0.6 is 12.4 Å². The monoisotopic (exact) mass is 248 g/mol. The number of halogens is 1. The highest BCUT2D eigenvalue weighted by Crippen LogP contribution is 2.37. The predicted molar refractivity (Wildman–Crippen MR) is 69.9 cm³/mol. The molecule has 1 aliphatic rings. The smallest absolute Gasteiger partial charge is 0.233 e. The fraction of sp³-hybridized carbons (Fsp3) is 0.917. The van der Waals surface area contributed by atoms with Gasteiger partial charge in [0.05, 0.1) is 6.54 Å². The minimum absolute atomic E-state index is 0. The molecule has 0 unspecified atom stereocenters. The first-order valence-corrected chi connectivity index (χ1v) is 5.95. The van der Waals surface area contributed by atoms with E-state index in [-0.39, 0.29) is 18.3 Å². The highest BCUT2D eigenvalue weighted by Gasteiger charge is 2.26. The van der Waals surface area contributed by atoms with Crippen molar-refractivity contribution in [2.24, 2.45) is 11.3 Å². The van der Waals surface area contributed by atoms with E-state index in [2.05, 4.69) is 24.5 Å². The van der Waals surface area contributed by atoms with Gasteiger partial charge in [-0.25, -0.2) is 0 Å². The Kier molecular flexibility index (Phi) is 7.00. The fourth-order valence-electron chi connectivity index (χ4n) is 2.14. The van der Waals surface area contributed by atoms with Gasteiger partial charge in [-0.1, -0.05) is 13.8 Å². The van der Waals surface area contributed by atoms with E-state index >= 15 is 0 Å². The van der Waals surface area contributed by atoms with Crippen molar-refractivity contribution in [3.8, 4) is 0 Å². The van der Waals surface area contributed by atoms with Crippen LogP contribution in [-0.2, 0) is 4.79 Å². The molecular weight excluding hydrogens is 224 g/mol. The van der Waals surface area contributed by atoms with E-state index in [1.807, 2.05) is 0 Å². The predicted octanol–water partition coefficient (Wildman–Crippen LogP) is 1.96. The van der Waals surface area contributed by atoms with Crippen LogP contribution < -0.4 is 10.6 Å². The number of hydrogen-bond donors (Lipinski definition) is 2. The molecule has 1 rings (SSSR count). The molecule has 1 fully saturated rings. The molecule has 16 heavy (non-hydrogen) atoms. The molecule has 0 radical (unpaired) electrons. The first-order chi connectivity index (χ1) is 7.03. The maximum Gasteiger partial charge on any atom is 0.233 e.